The number of carbonyl (C=O) groups is 1. The number of fused-ring (bicyclic) bond motifs is 5. The summed E-state index contributed by atoms with van der Waals surface area (Å²) in [5.74, 6) is 3.31. The molecule has 1 N–H and O–H groups in total. The van der Waals surface area contributed by atoms with E-state index in [0.29, 0.717) is 5.92 Å². The minimum absolute atomic E-state index is 0.460. The quantitative estimate of drug-likeness (QED) is 0.691. The highest BCUT2D eigenvalue weighted by Gasteiger charge is 2.52. The Balaban J connectivity index is 1.69. The van der Waals surface area contributed by atoms with Gasteiger partial charge in [0.1, 0.15) is 0 Å². The normalized spacial score (nSPS) is 42.4. The first-order valence-corrected chi connectivity index (χ1v) is 6.20. The largest absolute Gasteiger partial charge is 0.452 e. The van der Waals surface area contributed by atoms with Crippen LogP contribution in [0.5, 0.6) is 0 Å². The summed E-state index contributed by atoms with van der Waals surface area (Å²) in [6.45, 7) is 0. The van der Waals surface area contributed by atoms with Gasteiger partial charge in [0, 0.05) is 11.6 Å². The van der Waals surface area contributed by atoms with Crippen molar-refractivity contribution in [2.45, 2.75) is 32.1 Å². The molecular weight excluding hydrogens is 204 g/mol. The van der Waals surface area contributed by atoms with Crippen LogP contribution >= 0.6 is 0 Å². The van der Waals surface area contributed by atoms with E-state index in [4.69, 9.17) is 0 Å². The van der Waals surface area contributed by atoms with Gasteiger partial charge < -0.3 is 4.74 Å². The number of amides is 1. The van der Waals surface area contributed by atoms with Crippen LogP contribution in [0.25, 0.3) is 0 Å². The predicted octanol–water partition coefficient (Wildman–Crippen LogP) is 2.15. The van der Waals surface area contributed by atoms with E-state index in [-0.39, 0.29) is 0 Å². The van der Waals surface area contributed by atoms with Crippen molar-refractivity contribution < 1.29 is 9.53 Å². The lowest BCUT2D eigenvalue weighted by atomic mass is 9.81. The second kappa shape index (κ2) is 3.75. The van der Waals surface area contributed by atoms with E-state index >= 15 is 0 Å². The van der Waals surface area contributed by atoms with Gasteiger partial charge in [-0.15, -0.1) is 0 Å². The maximum Gasteiger partial charge on any atom is 0.427 e. The summed E-state index contributed by atoms with van der Waals surface area (Å²) in [5.41, 5.74) is 3.67. The molecule has 3 fully saturated rings. The third-order valence-electron chi connectivity index (χ3n) is 4.68. The fourth-order valence-corrected chi connectivity index (χ4v) is 4.11. The molecule has 0 aliphatic heterocycles. The van der Waals surface area contributed by atoms with E-state index in [2.05, 4.69) is 15.3 Å². The molecule has 4 nitrogen and oxygen atoms in total. The molecule has 1 amide bonds. The topological polar surface area (TPSA) is 50.7 Å². The third-order valence-corrected chi connectivity index (χ3v) is 4.68. The van der Waals surface area contributed by atoms with Crippen molar-refractivity contribution in [3.05, 3.63) is 0 Å². The van der Waals surface area contributed by atoms with Crippen molar-refractivity contribution in [1.29, 1.82) is 0 Å². The lowest BCUT2D eigenvalue weighted by molar-refractivity contribution is 0.171. The van der Waals surface area contributed by atoms with Gasteiger partial charge in [-0.25, -0.2) is 10.2 Å². The van der Waals surface area contributed by atoms with E-state index in [1.54, 1.807) is 0 Å². The minimum atomic E-state index is -0.460. The molecule has 4 heteroatoms. The Hall–Kier alpha value is -1.06. The molecular formula is C12H18N2O2. The van der Waals surface area contributed by atoms with Crippen LogP contribution < -0.4 is 5.43 Å². The summed E-state index contributed by atoms with van der Waals surface area (Å²) in [6, 6.07) is 0. The van der Waals surface area contributed by atoms with Crippen LogP contribution in [-0.4, -0.2) is 18.9 Å². The fraction of sp³-hybridized carbons (Fsp3) is 0.833. The number of hydrogen-bond acceptors (Lipinski definition) is 3. The van der Waals surface area contributed by atoms with Crippen molar-refractivity contribution >= 4 is 11.8 Å². The highest BCUT2D eigenvalue weighted by molar-refractivity contribution is 5.91. The molecule has 4 unspecified atom stereocenters. The van der Waals surface area contributed by atoms with E-state index in [1.165, 1.54) is 38.5 Å². The van der Waals surface area contributed by atoms with E-state index < -0.39 is 6.09 Å². The standard InChI is InChI=1S/C12H18N2O2/c1-16-12(15)14-13-11-6-7-5-10(11)9-4-2-3-8(7)9/h7-10H,2-6H2,1H3,(H,14,15)/b13-11+. The van der Waals surface area contributed by atoms with Crippen LogP contribution in [-0.2, 0) is 4.74 Å². The number of hydrazone groups is 1. The van der Waals surface area contributed by atoms with Crippen LogP contribution in [0.3, 0.4) is 0 Å². The molecule has 3 rings (SSSR count). The monoisotopic (exact) mass is 222 g/mol. The number of methoxy groups -OCH3 is 1. The van der Waals surface area contributed by atoms with Gasteiger partial charge in [-0.2, -0.15) is 5.10 Å². The van der Waals surface area contributed by atoms with E-state index in [0.717, 1.165) is 24.2 Å². The Labute approximate surface area is 95.4 Å². The first kappa shape index (κ1) is 10.1. The Bertz CT molecular complexity index is 340. The zero-order valence-corrected chi connectivity index (χ0v) is 9.61. The highest BCUT2D eigenvalue weighted by atomic mass is 16.5. The Morgan fingerprint density at radius 2 is 2.25 bits per heavy atom. The number of ether oxygens (including phenoxy) is 1. The van der Waals surface area contributed by atoms with Crippen LogP contribution in [0.15, 0.2) is 5.10 Å². The van der Waals surface area contributed by atoms with Crippen LogP contribution in [0, 0.1) is 23.7 Å². The van der Waals surface area contributed by atoms with Crippen molar-refractivity contribution in [3.8, 4) is 0 Å². The Kier molecular flexibility index (Phi) is 2.37. The average Bonchev–Trinajstić information content (AvgIpc) is 2.96. The first-order chi connectivity index (χ1) is 7.79. The summed E-state index contributed by atoms with van der Waals surface area (Å²) in [7, 11) is 1.36. The molecule has 3 aliphatic rings. The molecule has 0 aromatic heterocycles. The maximum atomic E-state index is 11.0. The molecule has 4 atom stereocenters. The highest BCUT2D eigenvalue weighted by Crippen LogP contribution is 2.57. The van der Waals surface area contributed by atoms with Crippen molar-refractivity contribution in [1.82, 2.24) is 5.43 Å². The summed E-state index contributed by atoms with van der Waals surface area (Å²) in [5, 5.41) is 4.23. The number of hydrogen-bond donors (Lipinski definition) is 1. The number of nitrogens with zero attached hydrogens (tertiary/aromatic N) is 1. The Morgan fingerprint density at radius 3 is 3.06 bits per heavy atom. The van der Waals surface area contributed by atoms with Gasteiger partial charge in [-0.3, -0.25) is 0 Å². The molecule has 0 aromatic rings. The lowest BCUT2D eigenvalue weighted by Gasteiger charge is -2.25. The van der Waals surface area contributed by atoms with Crippen LogP contribution in [0.1, 0.15) is 32.1 Å². The van der Waals surface area contributed by atoms with Gasteiger partial charge in [0.15, 0.2) is 0 Å². The number of nitrogens with one attached hydrogen (secondary N) is 1. The summed E-state index contributed by atoms with van der Waals surface area (Å²) >= 11 is 0. The van der Waals surface area contributed by atoms with Crippen molar-refractivity contribution in [2.75, 3.05) is 7.11 Å². The maximum absolute atomic E-state index is 11.0. The predicted molar refractivity (Wildman–Crippen MR) is 60.0 cm³/mol. The van der Waals surface area contributed by atoms with E-state index in [1.807, 2.05) is 0 Å². The van der Waals surface area contributed by atoms with Crippen LogP contribution in [0.4, 0.5) is 4.79 Å². The zero-order chi connectivity index (χ0) is 11.1. The lowest BCUT2D eigenvalue weighted by Crippen LogP contribution is -2.27. The molecule has 2 bridgehead atoms. The first-order valence-electron chi connectivity index (χ1n) is 6.20. The number of carbonyl (C=O) groups excluding carboxylic acids is 1. The molecule has 0 heterocycles. The van der Waals surface area contributed by atoms with Crippen molar-refractivity contribution in [3.63, 3.8) is 0 Å². The molecule has 0 aromatic carbocycles. The Morgan fingerprint density at radius 1 is 1.44 bits per heavy atom. The molecule has 0 spiro atoms. The smallest absolute Gasteiger partial charge is 0.427 e. The van der Waals surface area contributed by atoms with Gasteiger partial charge in [-0.05, 0) is 43.4 Å². The zero-order valence-electron chi connectivity index (χ0n) is 9.61. The second-order valence-electron chi connectivity index (χ2n) is 5.27. The summed E-state index contributed by atoms with van der Waals surface area (Å²) < 4.78 is 4.52. The molecule has 3 aliphatic carbocycles. The molecule has 0 radical (unpaired) electrons. The summed E-state index contributed by atoms with van der Waals surface area (Å²) in [6.07, 6.45) is 6.11. The van der Waals surface area contributed by atoms with Gasteiger partial charge in [-0.1, -0.05) is 6.42 Å². The van der Waals surface area contributed by atoms with Gasteiger partial charge >= 0.3 is 6.09 Å². The van der Waals surface area contributed by atoms with Gasteiger partial charge in [0.05, 0.1) is 7.11 Å². The second-order valence-corrected chi connectivity index (χ2v) is 5.27. The third kappa shape index (κ3) is 1.43. The molecule has 0 saturated heterocycles. The van der Waals surface area contributed by atoms with Gasteiger partial charge in [0.2, 0.25) is 0 Å². The fourth-order valence-electron chi connectivity index (χ4n) is 4.11. The molecule has 88 valence electrons. The molecule has 3 saturated carbocycles. The minimum Gasteiger partial charge on any atom is -0.452 e. The molecule has 16 heavy (non-hydrogen) atoms. The SMILES string of the molecule is COC(=O)N/N=C1\CC2CC1C1CCCC21. The van der Waals surface area contributed by atoms with Crippen molar-refractivity contribution in [2.24, 2.45) is 28.8 Å². The number of rotatable bonds is 1. The average molecular weight is 222 g/mol. The van der Waals surface area contributed by atoms with Gasteiger partial charge in [0.25, 0.3) is 0 Å². The van der Waals surface area contributed by atoms with Crippen LogP contribution in [0.2, 0.25) is 0 Å². The summed E-state index contributed by atoms with van der Waals surface area (Å²) in [4.78, 5) is 11.0. The van der Waals surface area contributed by atoms with E-state index in [9.17, 15) is 4.79 Å².